The molecule has 1 saturated carbocycles. The standard InChI is InChI=1S/C18H28N2O4S/c1-24-17-11-9-15(10-12-17)13-19-18(21)14-20(25(2,22)23)16-7-5-3-4-6-8-16/h9-12,16H,3-8,13-14H2,1-2H3,(H,19,21). The van der Waals surface area contributed by atoms with Gasteiger partial charge in [-0.3, -0.25) is 4.79 Å². The van der Waals surface area contributed by atoms with Crippen molar-refractivity contribution in [2.24, 2.45) is 0 Å². The normalized spacial score (nSPS) is 16.4. The second-order valence-corrected chi connectivity index (χ2v) is 8.51. The molecule has 0 aliphatic heterocycles. The second-order valence-electron chi connectivity index (χ2n) is 6.58. The summed E-state index contributed by atoms with van der Waals surface area (Å²) in [6.45, 7) is 0.255. The number of carbonyl (C=O) groups excluding carboxylic acids is 1. The van der Waals surface area contributed by atoms with Crippen molar-refractivity contribution in [3.05, 3.63) is 29.8 Å². The van der Waals surface area contributed by atoms with Crippen LogP contribution < -0.4 is 10.1 Å². The lowest BCUT2D eigenvalue weighted by Crippen LogP contribution is -2.45. The highest BCUT2D eigenvalue weighted by molar-refractivity contribution is 7.88. The minimum atomic E-state index is -3.41. The van der Waals surface area contributed by atoms with Crippen molar-refractivity contribution in [3.8, 4) is 5.75 Å². The molecule has 7 heteroatoms. The number of benzene rings is 1. The van der Waals surface area contributed by atoms with E-state index in [4.69, 9.17) is 4.74 Å². The predicted octanol–water partition coefficient (Wildman–Crippen LogP) is 2.30. The molecule has 1 aliphatic carbocycles. The molecule has 0 aromatic heterocycles. The summed E-state index contributed by atoms with van der Waals surface area (Å²) in [5.74, 6) is 0.484. The Hall–Kier alpha value is -1.60. The van der Waals surface area contributed by atoms with E-state index in [9.17, 15) is 13.2 Å². The lowest BCUT2D eigenvalue weighted by atomic mass is 10.1. The van der Waals surface area contributed by atoms with Crippen LogP contribution in [0.25, 0.3) is 0 Å². The summed E-state index contributed by atoms with van der Waals surface area (Å²) in [7, 11) is -1.81. The Balaban J connectivity index is 1.94. The number of hydrogen-bond donors (Lipinski definition) is 1. The van der Waals surface area contributed by atoms with Gasteiger partial charge in [-0.1, -0.05) is 37.8 Å². The lowest BCUT2D eigenvalue weighted by Gasteiger charge is -2.28. The maximum atomic E-state index is 12.3. The van der Waals surface area contributed by atoms with Gasteiger partial charge >= 0.3 is 0 Å². The molecule has 1 aromatic carbocycles. The molecule has 1 aromatic rings. The summed E-state index contributed by atoms with van der Waals surface area (Å²) in [6.07, 6.45) is 7.16. The fraction of sp³-hybridized carbons (Fsp3) is 0.611. The van der Waals surface area contributed by atoms with Gasteiger partial charge in [0, 0.05) is 12.6 Å². The predicted molar refractivity (Wildman–Crippen MR) is 97.9 cm³/mol. The Morgan fingerprint density at radius 3 is 2.28 bits per heavy atom. The van der Waals surface area contributed by atoms with Gasteiger partial charge in [-0.05, 0) is 30.5 Å². The molecule has 0 radical (unpaired) electrons. The number of nitrogens with one attached hydrogen (secondary N) is 1. The highest BCUT2D eigenvalue weighted by atomic mass is 32.2. The average Bonchev–Trinajstić information content (AvgIpc) is 2.86. The maximum absolute atomic E-state index is 12.3. The smallest absolute Gasteiger partial charge is 0.235 e. The summed E-state index contributed by atoms with van der Waals surface area (Å²) >= 11 is 0. The van der Waals surface area contributed by atoms with Gasteiger partial charge in [0.1, 0.15) is 5.75 Å². The van der Waals surface area contributed by atoms with E-state index in [1.165, 1.54) is 10.6 Å². The van der Waals surface area contributed by atoms with Gasteiger partial charge in [-0.25, -0.2) is 8.42 Å². The van der Waals surface area contributed by atoms with Crippen LogP contribution in [0.3, 0.4) is 0 Å². The van der Waals surface area contributed by atoms with E-state index in [0.717, 1.165) is 49.8 Å². The first kappa shape index (κ1) is 19.7. The highest BCUT2D eigenvalue weighted by Gasteiger charge is 2.29. The van der Waals surface area contributed by atoms with Gasteiger partial charge in [-0.15, -0.1) is 0 Å². The van der Waals surface area contributed by atoms with Gasteiger partial charge in [0.25, 0.3) is 0 Å². The fourth-order valence-electron chi connectivity index (χ4n) is 3.20. The number of sulfonamides is 1. The average molecular weight is 368 g/mol. The van der Waals surface area contributed by atoms with Crippen molar-refractivity contribution in [3.63, 3.8) is 0 Å². The molecule has 0 bridgehead atoms. The van der Waals surface area contributed by atoms with Crippen molar-refractivity contribution in [1.29, 1.82) is 0 Å². The number of rotatable bonds is 7. The monoisotopic (exact) mass is 368 g/mol. The van der Waals surface area contributed by atoms with E-state index < -0.39 is 10.0 Å². The molecule has 0 saturated heterocycles. The van der Waals surface area contributed by atoms with Crippen LogP contribution >= 0.6 is 0 Å². The molecule has 0 atom stereocenters. The SMILES string of the molecule is COc1ccc(CNC(=O)CN(C2CCCCCC2)S(C)(=O)=O)cc1. The van der Waals surface area contributed by atoms with E-state index in [1.807, 2.05) is 24.3 Å². The third-order valence-electron chi connectivity index (χ3n) is 4.61. The molecule has 0 spiro atoms. The molecule has 1 fully saturated rings. The molecule has 0 heterocycles. The topological polar surface area (TPSA) is 75.7 Å². The van der Waals surface area contributed by atoms with Gasteiger partial charge < -0.3 is 10.1 Å². The molecule has 1 N–H and O–H groups in total. The molecule has 140 valence electrons. The fourth-order valence-corrected chi connectivity index (χ4v) is 4.31. The van der Waals surface area contributed by atoms with Crippen LogP contribution in [0.5, 0.6) is 5.75 Å². The van der Waals surface area contributed by atoms with Crippen LogP contribution in [0, 0.1) is 0 Å². The molecule has 2 rings (SSSR count). The Morgan fingerprint density at radius 1 is 1.16 bits per heavy atom. The minimum Gasteiger partial charge on any atom is -0.497 e. The summed E-state index contributed by atoms with van der Waals surface area (Å²) < 4.78 is 30.8. The first-order chi connectivity index (χ1) is 11.9. The van der Waals surface area contributed by atoms with Gasteiger partial charge in [0.2, 0.25) is 15.9 Å². The third kappa shape index (κ3) is 6.32. The number of amides is 1. The summed E-state index contributed by atoms with van der Waals surface area (Å²) in [5, 5.41) is 2.81. The molecular weight excluding hydrogens is 340 g/mol. The first-order valence-electron chi connectivity index (χ1n) is 8.76. The van der Waals surface area contributed by atoms with Gasteiger partial charge in [0.15, 0.2) is 0 Å². The molecule has 6 nitrogen and oxygen atoms in total. The first-order valence-corrected chi connectivity index (χ1v) is 10.6. The number of methoxy groups -OCH3 is 1. The van der Waals surface area contributed by atoms with Crippen molar-refractivity contribution >= 4 is 15.9 Å². The van der Waals surface area contributed by atoms with Crippen LogP contribution in [0.15, 0.2) is 24.3 Å². The van der Waals surface area contributed by atoms with Crippen molar-refractivity contribution in [1.82, 2.24) is 9.62 Å². The molecular formula is C18H28N2O4S. The van der Waals surface area contributed by atoms with Crippen molar-refractivity contribution in [2.45, 2.75) is 51.1 Å². The quantitative estimate of drug-likeness (QED) is 0.749. The Morgan fingerprint density at radius 2 is 1.76 bits per heavy atom. The van der Waals surface area contributed by atoms with E-state index in [1.54, 1.807) is 7.11 Å². The molecule has 1 amide bonds. The maximum Gasteiger partial charge on any atom is 0.235 e. The van der Waals surface area contributed by atoms with E-state index in [-0.39, 0.29) is 18.5 Å². The molecule has 25 heavy (non-hydrogen) atoms. The number of hydrogen-bond acceptors (Lipinski definition) is 4. The minimum absolute atomic E-state index is 0.0655. The number of nitrogens with zero attached hydrogens (tertiary/aromatic N) is 1. The van der Waals surface area contributed by atoms with Crippen molar-refractivity contribution in [2.75, 3.05) is 19.9 Å². The molecule has 1 aliphatic rings. The van der Waals surface area contributed by atoms with Gasteiger partial charge in [0.05, 0.1) is 19.9 Å². The Kier molecular flexibility index (Phi) is 7.25. The number of ether oxygens (including phenoxy) is 1. The Bertz CT molecular complexity index is 650. The van der Waals surface area contributed by atoms with Crippen LogP contribution in [-0.2, 0) is 21.4 Å². The Labute approximate surface area is 150 Å². The van der Waals surface area contributed by atoms with Crippen LogP contribution in [0.1, 0.15) is 44.1 Å². The van der Waals surface area contributed by atoms with E-state index >= 15 is 0 Å². The second kappa shape index (κ2) is 9.20. The third-order valence-corrected chi connectivity index (χ3v) is 5.89. The largest absolute Gasteiger partial charge is 0.497 e. The lowest BCUT2D eigenvalue weighted by molar-refractivity contribution is -0.121. The zero-order valence-electron chi connectivity index (χ0n) is 15.0. The summed E-state index contributed by atoms with van der Waals surface area (Å²) in [5.41, 5.74) is 0.939. The zero-order chi connectivity index (χ0) is 18.3. The molecule has 0 unspecified atom stereocenters. The van der Waals surface area contributed by atoms with E-state index in [2.05, 4.69) is 5.32 Å². The number of carbonyl (C=O) groups is 1. The highest BCUT2D eigenvalue weighted by Crippen LogP contribution is 2.23. The summed E-state index contributed by atoms with van der Waals surface area (Å²) in [4.78, 5) is 12.3. The zero-order valence-corrected chi connectivity index (χ0v) is 15.8. The van der Waals surface area contributed by atoms with E-state index in [0.29, 0.717) is 6.54 Å². The summed E-state index contributed by atoms with van der Waals surface area (Å²) in [6, 6.07) is 7.34. The van der Waals surface area contributed by atoms with Crippen molar-refractivity contribution < 1.29 is 17.9 Å². The van der Waals surface area contributed by atoms with Crippen LogP contribution in [0.2, 0.25) is 0 Å². The van der Waals surface area contributed by atoms with Crippen LogP contribution in [0.4, 0.5) is 0 Å². The van der Waals surface area contributed by atoms with Crippen LogP contribution in [-0.4, -0.2) is 44.6 Å². The van der Waals surface area contributed by atoms with Gasteiger partial charge in [-0.2, -0.15) is 4.31 Å².